The smallest absolute Gasteiger partial charge is 0.430 e. The SMILES string of the molecule is CCN1[CH]CC(OC(=O)OC(C)(C)C)C1. The number of likely N-dealkylation sites (N-methyl/N-ethyl adjacent to an activating group) is 1. The number of nitrogens with zero attached hydrogens (tertiary/aromatic N) is 1. The highest BCUT2D eigenvalue weighted by Gasteiger charge is 2.27. The van der Waals surface area contributed by atoms with E-state index in [0.29, 0.717) is 0 Å². The zero-order valence-corrected chi connectivity index (χ0v) is 9.95. The van der Waals surface area contributed by atoms with Gasteiger partial charge in [0.25, 0.3) is 0 Å². The minimum Gasteiger partial charge on any atom is -0.430 e. The van der Waals surface area contributed by atoms with Crippen LogP contribution in [0.3, 0.4) is 0 Å². The summed E-state index contributed by atoms with van der Waals surface area (Å²) in [6.07, 6.45) is 0.159. The highest BCUT2D eigenvalue weighted by atomic mass is 16.7. The van der Waals surface area contributed by atoms with Crippen molar-refractivity contribution in [1.82, 2.24) is 4.90 Å². The number of ether oxygens (including phenoxy) is 2. The normalized spacial score (nSPS) is 22.8. The summed E-state index contributed by atoms with van der Waals surface area (Å²) in [5, 5.41) is 0. The van der Waals surface area contributed by atoms with E-state index in [9.17, 15) is 4.79 Å². The van der Waals surface area contributed by atoms with Crippen molar-refractivity contribution in [3.8, 4) is 0 Å². The molecule has 4 nitrogen and oxygen atoms in total. The maximum Gasteiger partial charge on any atom is 0.509 e. The fraction of sp³-hybridized carbons (Fsp3) is 0.818. The van der Waals surface area contributed by atoms with E-state index in [0.717, 1.165) is 19.5 Å². The summed E-state index contributed by atoms with van der Waals surface area (Å²) in [5.41, 5.74) is -0.482. The van der Waals surface area contributed by atoms with Crippen molar-refractivity contribution in [2.75, 3.05) is 13.1 Å². The maximum atomic E-state index is 11.3. The molecule has 1 saturated heterocycles. The van der Waals surface area contributed by atoms with Gasteiger partial charge in [-0.3, -0.25) is 4.90 Å². The molecule has 0 spiro atoms. The first-order valence-corrected chi connectivity index (χ1v) is 5.37. The first-order valence-electron chi connectivity index (χ1n) is 5.37. The standard InChI is InChI=1S/C11H20NO3/c1-5-12-7-6-9(8-12)14-10(13)15-11(2,3)4/h7,9H,5-6,8H2,1-4H3. The molecule has 1 atom stereocenters. The van der Waals surface area contributed by atoms with Gasteiger partial charge in [-0.15, -0.1) is 0 Å². The molecule has 0 bridgehead atoms. The van der Waals surface area contributed by atoms with Crippen LogP contribution in [0.2, 0.25) is 0 Å². The van der Waals surface area contributed by atoms with E-state index < -0.39 is 11.8 Å². The fourth-order valence-corrected chi connectivity index (χ4v) is 1.43. The summed E-state index contributed by atoms with van der Waals surface area (Å²) in [6, 6.07) is 0. The van der Waals surface area contributed by atoms with Crippen molar-refractivity contribution in [3.05, 3.63) is 6.54 Å². The minimum atomic E-state index is -0.571. The number of rotatable bonds is 2. The van der Waals surface area contributed by atoms with Crippen molar-refractivity contribution in [3.63, 3.8) is 0 Å². The second-order valence-electron chi connectivity index (χ2n) is 4.71. The van der Waals surface area contributed by atoms with Gasteiger partial charge in [-0.2, -0.15) is 0 Å². The second-order valence-corrected chi connectivity index (χ2v) is 4.71. The third-order valence-electron chi connectivity index (χ3n) is 2.12. The molecular formula is C11H20NO3. The lowest BCUT2D eigenvalue weighted by Crippen LogP contribution is -2.29. The topological polar surface area (TPSA) is 38.8 Å². The summed E-state index contributed by atoms with van der Waals surface area (Å²) in [4.78, 5) is 13.5. The molecule has 15 heavy (non-hydrogen) atoms. The molecule has 0 saturated carbocycles. The average Bonchev–Trinajstić information content (AvgIpc) is 2.48. The van der Waals surface area contributed by atoms with Crippen molar-refractivity contribution in [1.29, 1.82) is 0 Å². The van der Waals surface area contributed by atoms with Crippen molar-refractivity contribution >= 4 is 6.16 Å². The van der Waals surface area contributed by atoms with E-state index in [4.69, 9.17) is 9.47 Å². The van der Waals surface area contributed by atoms with E-state index in [1.807, 2.05) is 20.8 Å². The number of hydrogen-bond donors (Lipinski definition) is 0. The van der Waals surface area contributed by atoms with E-state index in [-0.39, 0.29) is 6.10 Å². The third-order valence-corrected chi connectivity index (χ3v) is 2.12. The lowest BCUT2D eigenvalue weighted by molar-refractivity contribution is -0.0244. The van der Waals surface area contributed by atoms with E-state index >= 15 is 0 Å². The number of carbonyl (C=O) groups excluding carboxylic acids is 1. The molecule has 0 aromatic carbocycles. The van der Waals surface area contributed by atoms with Crippen LogP contribution >= 0.6 is 0 Å². The quantitative estimate of drug-likeness (QED) is 0.660. The lowest BCUT2D eigenvalue weighted by atomic mass is 10.2. The summed E-state index contributed by atoms with van der Waals surface area (Å²) in [7, 11) is 0. The molecule has 1 unspecified atom stereocenters. The highest BCUT2D eigenvalue weighted by Crippen LogP contribution is 2.17. The molecule has 0 aromatic heterocycles. The van der Waals surface area contributed by atoms with Crippen molar-refractivity contribution in [2.24, 2.45) is 0 Å². The van der Waals surface area contributed by atoms with Crippen molar-refractivity contribution in [2.45, 2.75) is 45.8 Å². The Bertz CT molecular complexity index is 222. The number of hydrogen-bond acceptors (Lipinski definition) is 4. The summed E-state index contributed by atoms with van der Waals surface area (Å²) < 4.78 is 10.3. The third kappa shape index (κ3) is 4.51. The Hall–Kier alpha value is -0.770. The van der Waals surface area contributed by atoms with Crippen LogP contribution < -0.4 is 0 Å². The monoisotopic (exact) mass is 214 g/mol. The molecule has 1 rings (SSSR count). The predicted molar refractivity (Wildman–Crippen MR) is 57.3 cm³/mol. The van der Waals surface area contributed by atoms with Gasteiger partial charge in [-0.05, 0) is 27.3 Å². The van der Waals surface area contributed by atoms with Crippen LogP contribution in [0.5, 0.6) is 0 Å². The molecule has 0 amide bonds. The van der Waals surface area contributed by atoms with Crippen LogP contribution in [-0.2, 0) is 9.47 Å². The molecule has 1 aliphatic heterocycles. The van der Waals surface area contributed by atoms with Gasteiger partial charge in [0.15, 0.2) is 0 Å². The van der Waals surface area contributed by atoms with Crippen LogP contribution in [0, 0.1) is 6.54 Å². The van der Waals surface area contributed by atoms with Crippen LogP contribution in [0.25, 0.3) is 0 Å². The highest BCUT2D eigenvalue weighted by molar-refractivity contribution is 5.60. The lowest BCUT2D eigenvalue weighted by Gasteiger charge is -2.20. The Kier molecular flexibility index (Phi) is 3.97. The second kappa shape index (κ2) is 4.84. The van der Waals surface area contributed by atoms with Gasteiger partial charge in [0.2, 0.25) is 0 Å². The molecular weight excluding hydrogens is 194 g/mol. The van der Waals surface area contributed by atoms with Crippen LogP contribution in [0.1, 0.15) is 34.1 Å². The van der Waals surface area contributed by atoms with Gasteiger partial charge in [0, 0.05) is 19.5 Å². The van der Waals surface area contributed by atoms with Gasteiger partial charge >= 0.3 is 6.16 Å². The van der Waals surface area contributed by atoms with E-state index in [1.165, 1.54) is 0 Å². The predicted octanol–water partition coefficient (Wildman–Crippen LogP) is 2.19. The average molecular weight is 214 g/mol. The van der Waals surface area contributed by atoms with Crippen LogP contribution in [0.15, 0.2) is 0 Å². The molecule has 1 radical (unpaired) electrons. The van der Waals surface area contributed by atoms with Gasteiger partial charge in [0.1, 0.15) is 11.7 Å². The molecule has 4 heteroatoms. The number of carbonyl (C=O) groups is 1. The molecule has 1 fully saturated rings. The Morgan fingerprint density at radius 2 is 2.20 bits per heavy atom. The molecule has 0 aromatic rings. The Morgan fingerprint density at radius 1 is 1.53 bits per heavy atom. The first kappa shape index (κ1) is 12.3. The Balaban J connectivity index is 2.28. The molecule has 0 aliphatic carbocycles. The first-order chi connectivity index (χ1) is 6.90. The zero-order chi connectivity index (χ0) is 11.5. The van der Waals surface area contributed by atoms with Crippen LogP contribution in [0.4, 0.5) is 4.79 Å². The maximum absolute atomic E-state index is 11.3. The molecule has 1 heterocycles. The number of likely N-dealkylation sites (tertiary alicyclic amines) is 1. The summed E-state index contributed by atoms with van der Waals surface area (Å²) >= 11 is 0. The minimum absolute atomic E-state index is 0.0557. The molecule has 87 valence electrons. The summed E-state index contributed by atoms with van der Waals surface area (Å²) in [6.45, 7) is 11.3. The van der Waals surface area contributed by atoms with E-state index in [2.05, 4.69) is 18.4 Å². The Labute approximate surface area is 91.5 Å². The van der Waals surface area contributed by atoms with E-state index in [1.54, 1.807) is 0 Å². The molecule has 0 N–H and O–H groups in total. The van der Waals surface area contributed by atoms with Gasteiger partial charge in [-0.1, -0.05) is 6.92 Å². The largest absolute Gasteiger partial charge is 0.509 e. The summed E-state index contributed by atoms with van der Waals surface area (Å²) in [5.74, 6) is 0. The van der Waals surface area contributed by atoms with Gasteiger partial charge in [0.05, 0.1) is 0 Å². The zero-order valence-electron chi connectivity index (χ0n) is 9.95. The Morgan fingerprint density at radius 3 is 2.67 bits per heavy atom. The van der Waals surface area contributed by atoms with Crippen LogP contribution in [-0.4, -0.2) is 35.8 Å². The fourth-order valence-electron chi connectivity index (χ4n) is 1.43. The van der Waals surface area contributed by atoms with Gasteiger partial charge in [-0.25, -0.2) is 4.79 Å². The van der Waals surface area contributed by atoms with Crippen molar-refractivity contribution < 1.29 is 14.3 Å². The van der Waals surface area contributed by atoms with Gasteiger partial charge < -0.3 is 9.47 Å². The molecule has 1 aliphatic rings.